The molecule has 0 radical (unpaired) electrons. The Labute approximate surface area is 163 Å². The molecule has 1 atom stereocenters. The molecular formula is C22H22O6. The van der Waals surface area contributed by atoms with Crippen LogP contribution in [-0.4, -0.2) is 34.2 Å². The molecule has 0 heterocycles. The maximum Gasteiger partial charge on any atom is 0.310 e. The number of ketones is 1. The van der Waals surface area contributed by atoms with Gasteiger partial charge in [-0.05, 0) is 49.2 Å². The zero-order valence-electron chi connectivity index (χ0n) is 15.7. The van der Waals surface area contributed by atoms with E-state index in [1.54, 1.807) is 25.1 Å². The Balaban J connectivity index is 2.37. The summed E-state index contributed by atoms with van der Waals surface area (Å²) in [6.07, 6.45) is 2.80. The highest BCUT2D eigenvalue weighted by atomic mass is 16.5. The Kier molecular flexibility index (Phi) is 6.60. The van der Waals surface area contributed by atoms with Crippen molar-refractivity contribution in [1.29, 1.82) is 0 Å². The molecule has 0 aromatic heterocycles. The van der Waals surface area contributed by atoms with Gasteiger partial charge in [0.05, 0.1) is 18.6 Å². The molecule has 146 valence electrons. The number of rotatable bonds is 8. The van der Waals surface area contributed by atoms with E-state index in [1.165, 1.54) is 37.5 Å². The summed E-state index contributed by atoms with van der Waals surface area (Å²) in [5.74, 6) is -2.34. The normalized spacial score (nSPS) is 11.9. The van der Waals surface area contributed by atoms with Crippen molar-refractivity contribution in [2.24, 2.45) is 5.92 Å². The molecular weight excluding hydrogens is 360 g/mol. The van der Waals surface area contributed by atoms with Gasteiger partial charge in [-0.3, -0.25) is 9.59 Å². The van der Waals surface area contributed by atoms with Crippen molar-refractivity contribution in [3.05, 3.63) is 71.3 Å². The Morgan fingerprint density at radius 3 is 2.32 bits per heavy atom. The highest BCUT2D eigenvalue weighted by Gasteiger charge is 2.25. The maximum atomic E-state index is 12.5. The summed E-state index contributed by atoms with van der Waals surface area (Å²) >= 11 is 0. The molecule has 0 aliphatic rings. The average Bonchev–Trinajstić information content (AvgIpc) is 2.65. The van der Waals surface area contributed by atoms with Gasteiger partial charge in [0.2, 0.25) is 0 Å². The van der Waals surface area contributed by atoms with Gasteiger partial charge in [-0.15, -0.1) is 0 Å². The molecule has 3 N–H and O–H groups in total. The van der Waals surface area contributed by atoms with E-state index in [2.05, 4.69) is 6.58 Å². The number of methoxy groups -OCH3 is 1. The summed E-state index contributed by atoms with van der Waals surface area (Å²) < 4.78 is 5.23. The third-order valence-electron chi connectivity index (χ3n) is 4.35. The van der Waals surface area contributed by atoms with Crippen LogP contribution in [-0.2, 0) is 11.2 Å². The second kappa shape index (κ2) is 8.90. The third kappa shape index (κ3) is 4.79. The number of carboxylic acids is 1. The van der Waals surface area contributed by atoms with Crippen molar-refractivity contribution in [1.82, 2.24) is 0 Å². The van der Waals surface area contributed by atoms with E-state index in [9.17, 15) is 24.9 Å². The Morgan fingerprint density at radius 2 is 1.79 bits per heavy atom. The van der Waals surface area contributed by atoms with Crippen molar-refractivity contribution < 1.29 is 29.6 Å². The lowest BCUT2D eigenvalue weighted by Crippen LogP contribution is -2.18. The van der Waals surface area contributed by atoms with Gasteiger partial charge < -0.3 is 20.1 Å². The SMILES string of the molecule is C=C(C)C(Cc1c(OC)ccc(C(=O)/C=C/c2ccc(O)cc2)c1O)C(=O)O. The minimum Gasteiger partial charge on any atom is -0.508 e. The number of aliphatic carboxylic acids is 1. The number of carbonyl (C=O) groups excluding carboxylic acids is 1. The van der Waals surface area contributed by atoms with Crippen LogP contribution >= 0.6 is 0 Å². The molecule has 6 heteroatoms. The number of aromatic hydroxyl groups is 2. The van der Waals surface area contributed by atoms with E-state index >= 15 is 0 Å². The number of allylic oxidation sites excluding steroid dienone is 1. The van der Waals surface area contributed by atoms with Gasteiger partial charge in [-0.1, -0.05) is 30.4 Å². The van der Waals surface area contributed by atoms with Crippen LogP contribution in [0.2, 0.25) is 0 Å². The molecule has 0 aliphatic carbocycles. The van der Waals surface area contributed by atoms with Gasteiger partial charge in [0.15, 0.2) is 5.78 Å². The van der Waals surface area contributed by atoms with Crippen molar-refractivity contribution >= 4 is 17.8 Å². The van der Waals surface area contributed by atoms with Crippen LogP contribution in [0.5, 0.6) is 17.2 Å². The Bertz CT molecular complexity index is 911. The fraction of sp³-hybridized carbons (Fsp3) is 0.182. The molecule has 2 aromatic rings. The maximum absolute atomic E-state index is 12.5. The molecule has 2 aromatic carbocycles. The van der Waals surface area contributed by atoms with Crippen LogP contribution in [0.1, 0.15) is 28.4 Å². The number of benzene rings is 2. The fourth-order valence-electron chi connectivity index (χ4n) is 2.73. The van der Waals surface area contributed by atoms with E-state index in [0.29, 0.717) is 16.9 Å². The average molecular weight is 382 g/mol. The molecule has 0 aliphatic heterocycles. The first-order chi connectivity index (χ1) is 13.2. The third-order valence-corrected chi connectivity index (χ3v) is 4.35. The summed E-state index contributed by atoms with van der Waals surface area (Å²) in [7, 11) is 1.40. The first-order valence-electron chi connectivity index (χ1n) is 8.53. The zero-order chi connectivity index (χ0) is 20.8. The minimum absolute atomic E-state index is 0.0386. The van der Waals surface area contributed by atoms with Crippen molar-refractivity contribution in [3.63, 3.8) is 0 Å². The first-order valence-corrected chi connectivity index (χ1v) is 8.53. The van der Waals surface area contributed by atoms with E-state index in [4.69, 9.17) is 4.74 Å². The molecule has 1 unspecified atom stereocenters. The van der Waals surface area contributed by atoms with Crippen LogP contribution in [0.15, 0.2) is 54.6 Å². The topological polar surface area (TPSA) is 104 Å². The van der Waals surface area contributed by atoms with Gasteiger partial charge in [0.1, 0.15) is 17.2 Å². The molecule has 0 saturated carbocycles. The van der Waals surface area contributed by atoms with Gasteiger partial charge in [0, 0.05) is 5.56 Å². The van der Waals surface area contributed by atoms with Crippen LogP contribution in [0.4, 0.5) is 0 Å². The smallest absolute Gasteiger partial charge is 0.310 e. The lowest BCUT2D eigenvalue weighted by atomic mass is 9.91. The summed E-state index contributed by atoms with van der Waals surface area (Å²) in [4.78, 5) is 24.0. The van der Waals surface area contributed by atoms with Crippen molar-refractivity contribution in [2.45, 2.75) is 13.3 Å². The number of carboxylic acid groups (broad SMARTS) is 1. The van der Waals surface area contributed by atoms with E-state index in [-0.39, 0.29) is 29.0 Å². The van der Waals surface area contributed by atoms with Crippen LogP contribution in [0, 0.1) is 5.92 Å². The van der Waals surface area contributed by atoms with Crippen LogP contribution in [0.25, 0.3) is 6.08 Å². The van der Waals surface area contributed by atoms with Crippen LogP contribution < -0.4 is 4.74 Å². The second-order valence-corrected chi connectivity index (χ2v) is 6.37. The lowest BCUT2D eigenvalue weighted by molar-refractivity contribution is -0.140. The van der Waals surface area contributed by atoms with Gasteiger partial charge in [-0.2, -0.15) is 0 Å². The molecule has 0 saturated heterocycles. The fourth-order valence-corrected chi connectivity index (χ4v) is 2.73. The number of hydrogen-bond donors (Lipinski definition) is 3. The summed E-state index contributed by atoms with van der Waals surface area (Å²) in [5.41, 5.74) is 1.41. The highest BCUT2D eigenvalue weighted by Crippen LogP contribution is 2.35. The molecule has 0 bridgehead atoms. The number of phenolic OH excluding ortho intramolecular Hbond substituents is 2. The molecule has 0 spiro atoms. The molecule has 6 nitrogen and oxygen atoms in total. The molecule has 0 fully saturated rings. The number of carbonyl (C=O) groups is 2. The first kappa shape index (κ1) is 20.8. The lowest BCUT2D eigenvalue weighted by Gasteiger charge is -2.17. The Hall–Kier alpha value is -3.54. The summed E-state index contributed by atoms with van der Waals surface area (Å²) in [6, 6.07) is 9.23. The predicted octanol–water partition coefficient (Wildman–Crippen LogP) is 3.82. The summed E-state index contributed by atoms with van der Waals surface area (Å²) in [6.45, 7) is 5.28. The predicted molar refractivity (Wildman–Crippen MR) is 106 cm³/mol. The van der Waals surface area contributed by atoms with Crippen molar-refractivity contribution in [3.8, 4) is 17.2 Å². The Morgan fingerprint density at radius 1 is 1.14 bits per heavy atom. The van der Waals surface area contributed by atoms with Crippen LogP contribution in [0.3, 0.4) is 0 Å². The quantitative estimate of drug-likeness (QED) is 0.364. The molecule has 28 heavy (non-hydrogen) atoms. The van der Waals surface area contributed by atoms with E-state index in [0.717, 1.165) is 0 Å². The largest absolute Gasteiger partial charge is 0.508 e. The van der Waals surface area contributed by atoms with Gasteiger partial charge in [-0.25, -0.2) is 0 Å². The summed E-state index contributed by atoms with van der Waals surface area (Å²) in [5, 5.41) is 29.3. The highest BCUT2D eigenvalue weighted by molar-refractivity contribution is 6.09. The van der Waals surface area contributed by atoms with E-state index in [1.807, 2.05) is 0 Å². The number of hydrogen-bond acceptors (Lipinski definition) is 5. The van der Waals surface area contributed by atoms with Gasteiger partial charge in [0.25, 0.3) is 0 Å². The number of ether oxygens (including phenoxy) is 1. The standard InChI is InChI=1S/C22H22O6/c1-13(2)17(22(26)27)12-18-20(28-3)11-9-16(21(18)25)19(24)10-6-14-4-7-15(23)8-5-14/h4-11,17,23,25H,1,12H2,2-3H3,(H,26,27)/b10-6+. The number of phenols is 2. The zero-order valence-corrected chi connectivity index (χ0v) is 15.7. The molecule has 2 rings (SSSR count). The molecule has 0 amide bonds. The monoisotopic (exact) mass is 382 g/mol. The second-order valence-electron chi connectivity index (χ2n) is 6.37. The van der Waals surface area contributed by atoms with Crippen molar-refractivity contribution in [2.75, 3.05) is 7.11 Å². The van der Waals surface area contributed by atoms with E-state index < -0.39 is 17.7 Å². The van der Waals surface area contributed by atoms with Gasteiger partial charge >= 0.3 is 5.97 Å². The minimum atomic E-state index is -1.07.